The Bertz CT molecular complexity index is 630. The van der Waals surface area contributed by atoms with Gasteiger partial charge in [-0.25, -0.2) is 4.39 Å². The Morgan fingerprint density at radius 3 is 2.00 bits per heavy atom. The van der Waals surface area contributed by atoms with Crippen LogP contribution in [0.15, 0.2) is 48.5 Å². The van der Waals surface area contributed by atoms with Crippen LogP contribution in [0.5, 0.6) is 0 Å². The average Bonchev–Trinajstić information content (AvgIpc) is 2.47. The Balaban J connectivity index is 0.00000264. The second kappa shape index (κ2) is 8.11. The van der Waals surface area contributed by atoms with Gasteiger partial charge in [0.15, 0.2) is 0 Å². The maximum Gasteiger partial charge on any atom is 0.224 e. The third kappa shape index (κ3) is 6.03. The molecule has 0 bridgehead atoms. The number of carbonyl (C=O) groups is 1. The molecular weight excluding hydrogens is 313 g/mol. The fourth-order valence-electron chi connectivity index (χ4n) is 2.17. The standard InChI is InChI=1S/C19H22FNO.ClH/c1-19(2,3)16-8-4-15(5-9-16)13-21-18(22)12-14-6-10-17(20)11-7-14;/h4-11H,12-13H2,1-3H3,(H,21,22);1H. The van der Waals surface area contributed by atoms with E-state index in [1.807, 2.05) is 12.1 Å². The highest BCUT2D eigenvalue weighted by Crippen LogP contribution is 2.22. The minimum absolute atomic E-state index is 0. The minimum Gasteiger partial charge on any atom is -0.352 e. The highest BCUT2D eigenvalue weighted by atomic mass is 35.5. The molecule has 0 heterocycles. The van der Waals surface area contributed by atoms with Gasteiger partial charge in [-0.05, 0) is 34.2 Å². The van der Waals surface area contributed by atoms with Crippen LogP contribution in [0.1, 0.15) is 37.5 Å². The Kier molecular flexibility index (Phi) is 6.77. The predicted octanol–water partition coefficient (Wildman–Crippen LogP) is 4.40. The molecule has 4 heteroatoms. The molecule has 1 N–H and O–H groups in total. The van der Waals surface area contributed by atoms with Gasteiger partial charge in [0.2, 0.25) is 5.91 Å². The monoisotopic (exact) mass is 335 g/mol. The van der Waals surface area contributed by atoms with Gasteiger partial charge >= 0.3 is 0 Å². The van der Waals surface area contributed by atoms with Crippen LogP contribution in [0.3, 0.4) is 0 Å². The zero-order valence-corrected chi connectivity index (χ0v) is 14.5. The molecule has 0 aromatic heterocycles. The first-order valence-electron chi connectivity index (χ1n) is 7.45. The van der Waals surface area contributed by atoms with Gasteiger partial charge in [0.1, 0.15) is 5.82 Å². The molecule has 0 aliphatic carbocycles. The lowest BCUT2D eigenvalue weighted by molar-refractivity contribution is -0.120. The van der Waals surface area contributed by atoms with Crippen molar-refractivity contribution in [2.75, 3.05) is 0 Å². The van der Waals surface area contributed by atoms with E-state index in [2.05, 4.69) is 38.2 Å². The van der Waals surface area contributed by atoms with Crippen LogP contribution in [0.25, 0.3) is 0 Å². The van der Waals surface area contributed by atoms with Crippen molar-refractivity contribution in [3.05, 3.63) is 71.0 Å². The molecule has 0 aliphatic heterocycles. The summed E-state index contributed by atoms with van der Waals surface area (Å²) < 4.78 is 12.8. The average molecular weight is 336 g/mol. The van der Waals surface area contributed by atoms with E-state index < -0.39 is 0 Å². The summed E-state index contributed by atoms with van der Waals surface area (Å²) in [6.45, 7) is 7.02. The number of rotatable bonds is 4. The quantitative estimate of drug-likeness (QED) is 0.881. The highest BCUT2D eigenvalue weighted by molar-refractivity contribution is 5.85. The molecule has 0 saturated carbocycles. The Morgan fingerprint density at radius 2 is 1.48 bits per heavy atom. The van der Waals surface area contributed by atoms with Gasteiger partial charge < -0.3 is 5.32 Å². The molecule has 124 valence electrons. The van der Waals surface area contributed by atoms with E-state index in [-0.39, 0.29) is 36.0 Å². The minimum atomic E-state index is -0.289. The summed E-state index contributed by atoms with van der Waals surface area (Å²) in [5, 5.41) is 2.89. The highest BCUT2D eigenvalue weighted by Gasteiger charge is 2.12. The van der Waals surface area contributed by atoms with Crippen LogP contribution >= 0.6 is 12.4 Å². The van der Waals surface area contributed by atoms with Crippen molar-refractivity contribution in [3.63, 3.8) is 0 Å². The van der Waals surface area contributed by atoms with Gasteiger partial charge in [-0.3, -0.25) is 4.79 Å². The molecule has 23 heavy (non-hydrogen) atoms. The second-order valence-electron chi connectivity index (χ2n) is 6.53. The Hall–Kier alpha value is -1.87. The largest absolute Gasteiger partial charge is 0.352 e. The number of nitrogens with one attached hydrogen (secondary N) is 1. The summed E-state index contributed by atoms with van der Waals surface area (Å²) in [7, 11) is 0. The van der Waals surface area contributed by atoms with Crippen molar-refractivity contribution in [1.29, 1.82) is 0 Å². The predicted molar refractivity (Wildman–Crippen MR) is 94.3 cm³/mol. The van der Waals surface area contributed by atoms with Gasteiger partial charge in [-0.15, -0.1) is 12.4 Å². The van der Waals surface area contributed by atoms with Crippen molar-refractivity contribution in [1.82, 2.24) is 5.32 Å². The first-order valence-corrected chi connectivity index (χ1v) is 7.45. The third-order valence-corrected chi connectivity index (χ3v) is 3.59. The second-order valence-corrected chi connectivity index (χ2v) is 6.53. The Labute approximate surface area is 143 Å². The Morgan fingerprint density at radius 1 is 0.957 bits per heavy atom. The zero-order chi connectivity index (χ0) is 16.2. The first-order chi connectivity index (χ1) is 10.3. The maximum atomic E-state index is 12.8. The van der Waals surface area contributed by atoms with Crippen LogP contribution in [-0.2, 0) is 23.2 Å². The lowest BCUT2D eigenvalue weighted by Crippen LogP contribution is -2.24. The molecule has 0 unspecified atom stereocenters. The number of benzene rings is 2. The molecule has 2 aromatic rings. The fraction of sp³-hybridized carbons (Fsp3) is 0.316. The van der Waals surface area contributed by atoms with Gasteiger partial charge in [0.25, 0.3) is 0 Å². The number of halogens is 2. The summed E-state index contributed by atoms with van der Waals surface area (Å²) in [6, 6.07) is 14.3. The van der Waals surface area contributed by atoms with E-state index in [0.29, 0.717) is 6.54 Å². The van der Waals surface area contributed by atoms with E-state index in [1.54, 1.807) is 12.1 Å². The smallest absolute Gasteiger partial charge is 0.224 e. The number of carbonyl (C=O) groups excluding carboxylic acids is 1. The molecule has 2 nitrogen and oxygen atoms in total. The molecule has 0 fully saturated rings. The van der Waals surface area contributed by atoms with Crippen LogP contribution in [0.4, 0.5) is 4.39 Å². The molecule has 2 aromatic carbocycles. The molecule has 2 rings (SSSR count). The molecule has 0 aliphatic rings. The number of hydrogen-bond donors (Lipinski definition) is 1. The van der Waals surface area contributed by atoms with Crippen LogP contribution in [-0.4, -0.2) is 5.91 Å². The van der Waals surface area contributed by atoms with E-state index in [9.17, 15) is 9.18 Å². The van der Waals surface area contributed by atoms with Crippen LogP contribution < -0.4 is 5.32 Å². The van der Waals surface area contributed by atoms with Gasteiger partial charge in [-0.1, -0.05) is 57.2 Å². The van der Waals surface area contributed by atoms with Crippen LogP contribution in [0, 0.1) is 5.82 Å². The summed E-state index contributed by atoms with van der Waals surface area (Å²) in [4.78, 5) is 11.9. The van der Waals surface area contributed by atoms with Crippen LogP contribution in [0.2, 0.25) is 0 Å². The summed E-state index contributed by atoms with van der Waals surface area (Å²) >= 11 is 0. The first kappa shape index (κ1) is 19.2. The maximum absolute atomic E-state index is 12.8. The van der Waals surface area contributed by atoms with E-state index in [4.69, 9.17) is 0 Å². The summed E-state index contributed by atoms with van der Waals surface area (Å²) in [5.74, 6) is -0.352. The SMILES string of the molecule is CC(C)(C)c1ccc(CNC(=O)Cc2ccc(F)cc2)cc1.Cl. The van der Waals surface area contributed by atoms with Gasteiger partial charge in [0.05, 0.1) is 6.42 Å². The normalized spacial score (nSPS) is 10.8. The van der Waals surface area contributed by atoms with E-state index in [0.717, 1.165) is 11.1 Å². The summed E-state index contributed by atoms with van der Waals surface area (Å²) in [5.41, 5.74) is 3.28. The third-order valence-electron chi connectivity index (χ3n) is 3.59. The van der Waals surface area contributed by atoms with E-state index >= 15 is 0 Å². The molecule has 1 amide bonds. The lowest BCUT2D eigenvalue weighted by atomic mass is 9.87. The van der Waals surface area contributed by atoms with Gasteiger partial charge in [0, 0.05) is 6.54 Å². The fourth-order valence-corrected chi connectivity index (χ4v) is 2.17. The summed E-state index contributed by atoms with van der Waals surface area (Å²) in [6.07, 6.45) is 0.264. The lowest BCUT2D eigenvalue weighted by Gasteiger charge is -2.19. The zero-order valence-electron chi connectivity index (χ0n) is 13.7. The number of amides is 1. The molecule has 0 radical (unpaired) electrons. The topological polar surface area (TPSA) is 29.1 Å². The molecule has 0 atom stereocenters. The van der Waals surface area contributed by atoms with Crippen molar-refractivity contribution < 1.29 is 9.18 Å². The molecule has 0 saturated heterocycles. The van der Waals surface area contributed by atoms with Crippen molar-refractivity contribution in [2.45, 2.75) is 39.2 Å². The molecule has 0 spiro atoms. The van der Waals surface area contributed by atoms with Crippen molar-refractivity contribution in [3.8, 4) is 0 Å². The van der Waals surface area contributed by atoms with Crippen molar-refractivity contribution >= 4 is 18.3 Å². The van der Waals surface area contributed by atoms with Crippen molar-refractivity contribution in [2.24, 2.45) is 0 Å². The van der Waals surface area contributed by atoms with E-state index in [1.165, 1.54) is 17.7 Å². The number of hydrogen-bond acceptors (Lipinski definition) is 1. The molecular formula is C19H23ClFNO. The van der Waals surface area contributed by atoms with Gasteiger partial charge in [-0.2, -0.15) is 0 Å².